The molecule has 0 spiro atoms. The van der Waals surface area contributed by atoms with Crippen molar-refractivity contribution in [2.24, 2.45) is 0 Å². The molecular formula is C14H22ClNO3. The van der Waals surface area contributed by atoms with Crippen molar-refractivity contribution in [2.75, 3.05) is 34.0 Å². The number of benzene rings is 1. The Morgan fingerprint density at radius 2 is 2.05 bits per heavy atom. The summed E-state index contributed by atoms with van der Waals surface area (Å²) in [5.74, 6) is 1.41. The molecule has 4 nitrogen and oxygen atoms in total. The van der Waals surface area contributed by atoms with Gasteiger partial charge in [-0.2, -0.15) is 0 Å². The van der Waals surface area contributed by atoms with E-state index in [2.05, 4.69) is 5.32 Å². The number of hydrogen-bond acceptors (Lipinski definition) is 4. The maximum Gasteiger partial charge on any atom is 0.165 e. The highest BCUT2D eigenvalue weighted by atomic mass is 35.5. The van der Waals surface area contributed by atoms with E-state index >= 15 is 0 Å². The van der Waals surface area contributed by atoms with E-state index in [-0.39, 0.29) is 0 Å². The molecule has 0 aliphatic heterocycles. The van der Waals surface area contributed by atoms with Crippen molar-refractivity contribution in [2.45, 2.75) is 19.9 Å². The molecular weight excluding hydrogens is 266 g/mol. The summed E-state index contributed by atoms with van der Waals surface area (Å²) >= 11 is 6.06. The lowest BCUT2D eigenvalue weighted by Gasteiger charge is -2.15. The summed E-state index contributed by atoms with van der Waals surface area (Å²) in [6.07, 6.45) is 0.846. The predicted octanol–water partition coefficient (Wildman–Crippen LogP) is 2.87. The summed E-state index contributed by atoms with van der Waals surface area (Å²) in [7, 11) is 3.49. The van der Waals surface area contributed by atoms with Crippen LogP contribution in [0.15, 0.2) is 12.1 Å². The quantitative estimate of drug-likeness (QED) is 0.709. The summed E-state index contributed by atoms with van der Waals surface area (Å²) in [4.78, 5) is 0. The zero-order chi connectivity index (χ0) is 14.1. The summed E-state index contributed by atoms with van der Waals surface area (Å²) in [6, 6.07) is 3.65. The first-order valence-corrected chi connectivity index (χ1v) is 6.82. The molecule has 0 aliphatic rings. The highest BCUT2D eigenvalue weighted by Crippen LogP contribution is 2.34. The normalized spacial score (nSPS) is 10.5. The summed E-state index contributed by atoms with van der Waals surface area (Å²) in [5.41, 5.74) is 0.989. The second-order valence-electron chi connectivity index (χ2n) is 4.03. The van der Waals surface area contributed by atoms with Crippen LogP contribution >= 0.6 is 11.6 Å². The molecule has 108 valence electrons. The second-order valence-corrected chi connectivity index (χ2v) is 4.46. The molecule has 0 saturated heterocycles. The van der Waals surface area contributed by atoms with Gasteiger partial charge in [-0.3, -0.25) is 0 Å². The Morgan fingerprint density at radius 3 is 2.68 bits per heavy atom. The number of rotatable bonds is 9. The van der Waals surface area contributed by atoms with Gasteiger partial charge in [-0.25, -0.2) is 0 Å². The van der Waals surface area contributed by atoms with Gasteiger partial charge < -0.3 is 19.5 Å². The molecule has 0 bridgehead atoms. The number of ether oxygens (including phenoxy) is 3. The molecule has 0 unspecified atom stereocenters. The Balaban J connectivity index is 2.72. The SMILES string of the molecule is CCOCCCOc1c(CNC)cc(Cl)cc1OC. The van der Waals surface area contributed by atoms with Crippen molar-refractivity contribution in [1.82, 2.24) is 5.32 Å². The molecule has 0 saturated carbocycles. The Kier molecular flexibility index (Phi) is 7.63. The summed E-state index contributed by atoms with van der Waals surface area (Å²) < 4.78 is 16.4. The Morgan fingerprint density at radius 1 is 1.26 bits per heavy atom. The number of hydrogen-bond donors (Lipinski definition) is 1. The molecule has 0 aliphatic carbocycles. The fourth-order valence-corrected chi connectivity index (χ4v) is 1.97. The largest absolute Gasteiger partial charge is 0.493 e. The van der Waals surface area contributed by atoms with Gasteiger partial charge in [0.1, 0.15) is 0 Å². The average molecular weight is 288 g/mol. The minimum atomic E-state index is 0.592. The molecule has 0 aromatic heterocycles. The smallest absolute Gasteiger partial charge is 0.165 e. The molecule has 19 heavy (non-hydrogen) atoms. The minimum absolute atomic E-state index is 0.592. The average Bonchev–Trinajstić information content (AvgIpc) is 2.40. The molecule has 5 heteroatoms. The fraction of sp³-hybridized carbons (Fsp3) is 0.571. The fourth-order valence-electron chi connectivity index (χ4n) is 1.74. The van der Waals surface area contributed by atoms with Crippen LogP contribution in [-0.4, -0.2) is 34.0 Å². The topological polar surface area (TPSA) is 39.7 Å². The predicted molar refractivity (Wildman–Crippen MR) is 77.4 cm³/mol. The first kappa shape index (κ1) is 16.1. The van der Waals surface area contributed by atoms with Crippen LogP contribution in [0.25, 0.3) is 0 Å². The van der Waals surface area contributed by atoms with Crippen molar-refractivity contribution in [3.63, 3.8) is 0 Å². The third-order valence-corrected chi connectivity index (χ3v) is 2.79. The van der Waals surface area contributed by atoms with Crippen LogP contribution in [0.1, 0.15) is 18.9 Å². The summed E-state index contributed by atoms with van der Waals surface area (Å²) in [6.45, 7) is 4.68. The molecule has 0 amide bonds. The van der Waals surface area contributed by atoms with Gasteiger partial charge in [0.2, 0.25) is 0 Å². The molecule has 1 aromatic rings. The first-order chi connectivity index (χ1) is 9.22. The Hall–Kier alpha value is -0.970. The van der Waals surface area contributed by atoms with Gasteiger partial charge in [0.15, 0.2) is 11.5 Å². The molecule has 0 radical (unpaired) electrons. The van der Waals surface area contributed by atoms with E-state index in [0.717, 1.165) is 24.3 Å². The first-order valence-electron chi connectivity index (χ1n) is 6.44. The van der Waals surface area contributed by atoms with Crippen LogP contribution < -0.4 is 14.8 Å². The monoisotopic (exact) mass is 287 g/mol. The van der Waals surface area contributed by atoms with Gasteiger partial charge in [-0.1, -0.05) is 11.6 Å². The van der Waals surface area contributed by atoms with Crippen LogP contribution in [0, 0.1) is 0 Å². The van der Waals surface area contributed by atoms with Gasteiger partial charge in [0, 0.05) is 42.8 Å². The van der Waals surface area contributed by atoms with Gasteiger partial charge in [-0.15, -0.1) is 0 Å². The van der Waals surface area contributed by atoms with E-state index in [1.165, 1.54) is 0 Å². The van der Waals surface area contributed by atoms with E-state index < -0.39 is 0 Å². The van der Waals surface area contributed by atoms with Crippen LogP contribution in [-0.2, 0) is 11.3 Å². The molecule has 1 rings (SSSR count). The lowest BCUT2D eigenvalue weighted by atomic mass is 10.2. The lowest BCUT2D eigenvalue weighted by molar-refractivity contribution is 0.130. The maximum absolute atomic E-state index is 6.06. The third-order valence-electron chi connectivity index (χ3n) is 2.57. The lowest BCUT2D eigenvalue weighted by Crippen LogP contribution is -2.10. The highest BCUT2D eigenvalue weighted by Gasteiger charge is 2.12. The number of methoxy groups -OCH3 is 1. The van der Waals surface area contributed by atoms with E-state index in [4.69, 9.17) is 25.8 Å². The van der Waals surface area contributed by atoms with Crippen LogP contribution in [0.2, 0.25) is 5.02 Å². The second kappa shape index (κ2) is 9.02. The van der Waals surface area contributed by atoms with Crippen molar-refractivity contribution < 1.29 is 14.2 Å². The highest BCUT2D eigenvalue weighted by molar-refractivity contribution is 6.30. The van der Waals surface area contributed by atoms with Crippen LogP contribution in [0.5, 0.6) is 11.5 Å². The van der Waals surface area contributed by atoms with Crippen LogP contribution in [0.4, 0.5) is 0 Å². The van der Waals surface area contributed by atoms with E-state index in [1.54, 1.807) is 13.2 Å². The standard InChI is InChI=1S/C14H22ClNO3/c1-4-18-6-5-7-19-14-11(10-16-2)8-12(15)9-13(14)17-3/h8-9,16H,4-7,10H2,1-3H3. The zero-order valence-electron chi connectivity index (χ0n) is 11.8. The van der Waals surface area contributed by atoms with E-state index in [1.807, 2.05) is 20.0 Å². The van der Waals surface area contributed by atoms with Crippen molar-refractivity contribution >= 4 is 11.6 Å². The molecule has 1 aromatic carbocycles. The third kappa shape index (κ3) is 5.27. The van der Waals surface area contributed by atoms with E-state index in [0.29, 0.717) is 30.5 Å². The Labute approximate surface area is 120 Å². The van der Waals surface area contributed by atoms with Crippen LogP contribution in [0.3, 0.4) is 0 Å². The number of nitrogens with one attached hydrogen (secondary N) is 1. The van der Waals surface area contributed by atoms with Gasteiger partial charge in [0.25, 0.3) is 0 Å². The van der Waals surface area contributed by atoms with Crippen molar-refractivity contribution in [3.05, 3.63) is 22.7 Å². The van der Waals surface area contributed by atoms with Gasteiger partial charge >= 0.3 is 0 Å². The molecule has 0 atom stereocenters. The molecule has 0 heterocycles. The van der Waals surface area contributed by atoms with Gasteiger partial charge in [0.05, 0.1) is 13.7 Å². The minimum Gasteiger partial charge on any atom is -0.493 e. The van der Waals surface area contributed by atoms with Crippen molar-refractivity contribution in [3.8, 4) is 11.5 Å². The summed E-state index contributed by atoms with van der Waals surface area (Å²) in [5, 5.41) is 3.74. The maximum atomic E-state index is 6.06. The zero-order valence-corrected chi connectivity index (χ0v) is 12.5. The Bertz CT molecular complexity index is 385. The van der Waals surface area contributed by atoms with Crippen molar-refractivity contribution in [1.29, 1.82) is 0 Å². The van der Waals surface area contributed by atoms with E-state index in [9.17, 15) is 0 Å². The molecule has 1 N–H and O–H groups in total. The van der Waals surface area contributed by atoms with Gasteiger partial charge in [-0.05, 0) is 20.0 Å². The molecule has 0 fully saturated rings. The number of halogens is 1.